The Morgan fingerprint density at radius 2 is 1.77 bits per heavy atom. The number of methoxy groups -OCH3 is 3. The van der Waals surface area contributed by atoms with E-state index in [9.17, 15) is 8.42 Å². The lowest BCUT2D eigenvalue weighted by molar-refractivity contribution is 0.372. The van der Waals surface area contributed by atoms with Crippen molar-refractivity contribution in [3.05, 3.63) is 29.8 Å². The molecular weight excluding hydrogens is 362 g/mol. The molecule has 26 heavy (non-hydrogen) atoms. The van der Waals surface area contributed by atoms with Crippen molar-refractivity contribution in [3.8, 4) is 17.4 Å². The van der Waals surface area contributed by atoms with Gasteiger partial charge in [0.2, 0.25) is 11.5 Å². The maximum absolute atomic E-state index is 12.8. The second kappa shape index (κ2) is 6.67. The van der Waals surface area contributed by atoms with Gasteiger partial charge in [0.25, 0.3) is 16.0 Å². The van der Waals surface area contributed by atoms with Crippen LogP contribution >= 0.6 is 0 Å². The molecule has 11 heteroatoms. The molecule has 0 fully saturated rings. The summed E-state index contributed by atoms with van der Waals surface area (Å²) in [5.41, 5.74) is 0.765. The van der Waals surface area contributed by atoms with Crippen molar-refractivity contribution >= 4 is 21.6 Å². The number of nitrogens with zero attached hydrogens (tertiary/aromatic N) is 4. The number of hydrogen-bond donors (Lipinski definition) is 1. The van der Waals surface area contributed by atoms with Gasteiger partial charge in [-0.05, 0) is 18.6 Å². The van der Waals surface area contributed by atoms with Gasteiger partial charge in [-0.25, -0.2) is 13.1 Å². The molecule has 0 atom stereocenters. The highest BCUT2D eigenvalue weighted by atomic mass is 32.2. The second-order valence-electron chi connectivity index (χ2n) is 5.22. The van der Waals surface area contributed by atoms with Crippen LogP contribution in [0.3, 0.4) is 0 Å². The van der Waals surface area contributed by atoms with Gasteiger partial charge in [0.05, 0.1) is 21.3 Å². The largest absolute Gasteiger partial charge is 0.495 e. The number of aromatic nitrogens is 4. The minimum absolute atomic E-state index is 0.0128. The number of aryl methyl sites for hydroxylation is 1. The zero-order chi connectivity index (χ0) is 18.9. The molecule has 0 amide bonds. The van der Waals surface area contributed by atoms with Crippen LogP contribution in [0.15, 0.2) is 29.2 Å². The van der Waals surface area contributed by atoms with E-state index in [2.05, 4.69) is 19.9 Å². The fraction of sp³-hybridized carbons (Fsp3) is 0.267. The maximum atomic E-state index is 12.8. The van der Waals surface area contributed by atoms with Crippen molar-refractivity contribution in [2.75, 3.05) is 26.1 Å². The quantitative estimate of drug-likeness (QED) is 0.680. The van der Waals surface area contributed by atoms with Gasteiger partial charge >= 0.3 is 0 Å². The number of nitrogens with one attached hydrogen (secondary N) is 1. The van der Waals surface area contributed by atoms with E-state index in [1.807, 2.05) is 0 Å². The first kappa shape index (κ1) is 17.7. The number of sulfonamides is 1. The number of ether oxygens (including phenoxy) is 3. The van der Waals surface area contributed by atoms with Crippen LogP contribution in [-0.4, -0.2) is 49.6 Å². The molecule has 1 aromatic carbocycles. The third-order valence-corrected chi connectivity index (χ3v) is 5.09. The molecule has 10 nitrogen and oxygen atoms in total. The highest BCUT2D eigenvalue weighted by Crippen LogP contribution is 2.29. The van der Waals surface area contributed by atoms with E-state index in [0.717, 1.165) is 4.63 Å². The van der Waals surface area contributed by atoms with Crippen LogP contribution in [0.2, 0.25) is 0 Å². The van der Waals surface area contributed by atoms with Crippen LogP contribution in [-0.2, 0) is 10.0 Å². The summed E-state index contributed by atoms with van der Waals surface area (Å²) in [6.45, 7) is 1.67. The Balaban J connectivity index is 2.06. The van der Waals surface area contributed by atoms with Gasteiger partial charge in [0.15, 0.2) is 5.75 Å². The molecule has 0 aliphatic carbocycles. The van der Waals surface area contributed by atoms with Crippen LogP contribution in [0.1, 0.15) is 5.56 Å². The molecule has 0 aliphatic rings. The van der Waals surface area contributed by atoms with Gasteiger partial charge in [0.1, 0.15) is 10.6 Å². The number of fused-ring (bicyclic) bond motifs is 1. The van der Waals surface area contributed by atoms with Gasteiger partial charge in [-0.15, -0.1) is 14.8 Å². The fourth-order valence-electron chi connectivity index (χ4n) is 2.42. The van der Waals surface area contributed by atoms with Crippen molar-refractivity contribution in [1.29, 1.82) is 0 Å². The normalized spacial score (nSPS) is 11.4. The smallest absolute Gasteiger partial charge is 0.268 e. The Labute approximate surface area is 149 Å². The Morgan fingerprint density at radius 3 is 2.42 bits per heavy atom. The third kappa shape index (κ3) is 3.08. The summed E-state index contributed by atoms with van der Waals surface area (Å²) in [7, 11) is 0.311. The lowest BCUT2D eigenvalue weighted by Gasteiger charge is -2.11. The van der Waals surface area contributed by atoms with E-state index < -0.39 is 10.0 Å². The topological polar surface area (TPSA) is 117 Å². The number of anilines is 1. The summed E-state index contributed by atoms with van der Waals surface area (Å²) >= 11 is 0. The summed E-state index contributed by atoms with van der Waals surface area (Å²) in [4.78, 5) is 4.15. The molecule has 3 aromatic rings. The molecule has 0 radical (unpaired) electrons. The first-order valence-corrected chi connectivity index (χ1v) is 8.90. The van der Waals surface area contributed by atoms with Gasteiger partial charge in [-0.2, -0.15) is 4.98 Å². The predicted molar refractivity (Wildman–Crippen MR) is 92.4 cm³/mol. The molecule has 2 aromatic heterocycles. The molecule has 0 saturated carbocycles. The van der Waals surface area contributed by atoms with E-state index in [-0.39, 0.29) is 28.1 Å². The molecule has 0 bridgehead atoms. The van der Waals surface area contributed by atoms with Gasteiger partial charge in [-0.3, -0.25) is 0 Å². The van der Waals surface area contributed by atoms with Crippen molar-refractivity contribution in [2.45, 2.75) is 11.8 Å². The summed E-state index contributed by atoms with van der Waals surface area (Å²) in [6, 6.07) is 6.46. The number of rotatable bonds is 6. The minimum atomic E-state index is -3.98. The summed E-state index contributed by atoms with van der Waals surface area (Å²) in [5, 5.41) is 8.09. The minimum Gasteiger partial charge on any atom is -0.495 e. The van der Waals surface area contributed by atoms with E-state index in [1.165, 1.54) is 27.4 Å². The zero-order valence-corrected chi connectivity index (χ0v) is 15.4. The highest BCUT2D eigenvalue weighted by Gasteiger charge is 2.24. The van der Waals surface area contributed by atoms with Gasteiger partial charge in [-0.1, -0.05) is 12.1 Å². The average molecular weight is 379 g/mol. The first-order chi connectivity index (χ1) is 12.4. The number of hydrogen-bond acceptors (Lipinski definition) is 8. The molecule has 0 aliphatic heterocycles. The second-order valence-corrected chi connectivity index (χ2v) is 6.83. The Kier molecular flexibility index (Phi) is 4.55. The van der Waals surface area contributed by atoms with Crippen LogP contribution in [0.25, 0.3) is 5.65 Å². The standard InChI is InChI=1S/C15H17N5O5S/c1-9-6-5-7-10(23-2)13(9)26(21,22)19-15-16-14-11(24-3)8-12(25-4)17-20(14)18-15/h5-8H,1-4H3,(H,18,19). The molecule has 0 unspecified atom stereocenters. The zero-order valence-electron chi connectivity index (χ0n) is 14.5. The molecule has 138 valence electrons. The summed E-state index contributed by atoms with van der Waals surface area (Å²) < 4.78 is 44.5. The lowest BCUT2D eigenvalue weighted by atomic mass is 10.2. The average Bonchev–Trinajstić information content (AvgIpc) is 3.01. The lowest BCUT2D eigenvalue weighted by Crippen LogP contribution is -2.16. The monoisotopic (exact) mass is 379 g/mol. The van der Waals surface area contributed by atoms with Crippen LogP contribution in [0.5, 0.6) is 17.4 Å². The molecule has 0 spiro atoms. The van der Waals surface area contributed by atoms with Crippen molar-refractivity contribution in [3.63, 3.8) is 0 Å². The van der Waals surface area contributed by atoms with E-state index >= 15 is 0 Å². The first-order valence-electron chi connectivity index (χ1n) is 7.42. The van der Waals surface area contributed by atoms with Crippen molar-refractivity contribution in [2.24, 2.45) is 0 Å². The summed E-state index contributed by atoms with van der Waals surface area (Å²) in [5.74, 6) is 0.644. The van der Waals surface area contributed by atoms with Crippen molar-refractivity contribution < 1.29 is 22.6 Å². The van der Waals surface area contributed by atoms with E-state index in [4.69, 9.17) is 14.2 Å². The molecule has 3 rings (SSSR count). The Hall–Kier alpha value is -3.08. The van der Waals surface area contributed by atoms with Crippen molar-refractivity contribution in [1.82, 2.24) is 19.8 Å². The molecule has 0 saturated heterocycles. The summed E-state index contributed by atoms with van der Waals surface area (Å²) in [6.07, 6.45) is 0. The number of benzene rings is 1. The van der Waals surface area contributed by atoms with Gasteiger partial charge in [0, 0.05) is 6.07 Å². The van der Waals surface area contributed by atoms with E-state index in [1.54, 1.807) is 25.1 Å². The van der Waals surface area contributed by atoms with Crippen LogP contribution in [0.4, 0.5) is 5.95 Å². The van der Waals surface area contributed by atoms with Crippen LogP contribution < -0.4 is 18.9 Å². The predicted octanol–water partition coefficient (Wildman–Crippen LogP) is 1.26. The van der Waals surface area contributed by atoms with E-state index in [0.29, 0.717) is 11.3 Å². The SMILES string of the molecule is COc1cc(OC)c2nc(NS(=O)(=O)c3c(C)cccc3OC)nn2n1. The molecular formula is C15H17N5O5S. The fourth-order valence-corrected chi connectivity index (χ4v) is 3.76. The highest BCUT2D eigenvalue weighted by molar-refractivity contribution is 7.92. The van der Waals surface area contributed by atoms with Crippen LogP contribution in [0, 0.1) is 6.92 Å². The van der Waals surface area contributed by atoms with Gasteiger partial charge < -0.3 is 14.2 Å². The molecule has 1 N–H and O–H groups in total. The molecule has 2 heterocycles. The Bertz CT molecular complexity index is 1060. The maximum Gasteiger partial charge on any atom is 0.268 e. The third-order valence-electron chi connectivity index (χ3n) is 3.58. The Morgan fingerprint density at radius 1 is 1.04 bits per heavy atom.